The molecular formula is C13H12I3NO4. The second-order valence-electron chi connectivity index (χ2n) is 4.57. The van der Waals surface area contributed by atoms with Gasteiger partial charge in [-0.3, -0.25) is 9.59 Å². The number of hydrogen-bond donors (Lipinski definition) is 1. The van der Waals surface area contributed by atoms with Crippen molar-refractivity contribution in [1.82, 2.24) is 4.90 Å². The van der Waals surface area contributed by atoms with Crippen molar-refractivity contribution in [2.75, 3.05) is 19.8 Å². The number of carboxylic acid groups (broad SMARTS) is 1. The second kappa shape index (κ2) is 7.73. The van der Waals surface area contributed by atoms with Crippen molar-refractivity contribution < 1.29 is 19.4 Å². The second-order valence-corrected chi connectivity index (χ2v) is 8.06. The highest BCUT2D eigenvalue weighted by molar-refractivity contribution is 14.1. The molecule has 1 unspecified atom stereocenters. The van der Waals surface area contributed by atoms with Gasteiger partial charge < -0.3 is 14.7 Å². The van der Waals surface area contributed by atoms with Crippen LogP contribution in [0.5, 0.6) is 0 Å². The number of rotatable bonds is 3. The van der Waals surface area contributed by atoms with E-state index < -0.39 is 12.0 Å². The Labute approximate surface area is 163 Å². The molecule has 0 spiro atoms. The Bertz CT molecular complexity index is 579. The maximum Gasteiger partial charge on any atom is 0.305 e. The number of morpholine rings is 1. The number of benzene rings is 1. The highest BCUT2D eigenvalue weighted by Gasteiger charge is 2.31. The fraction of sp³-hybridized carbons (Fsp3) is 0.385. The molecule has 0 aliphatic carbocycles. The van der Waals surface area contributed by atoms with Gasteiger partial charge in [0.1, 0.15) is 0 Å². The minimum absolute atomic E-state index is 0.0939. The Morgan fingerprint density at radius 3 is 2.71 bits per heavy atom. The van der Waals surface area contributed by atoms with E-state index in [2.05, 4.69) is 67.8 Å². The number of nitrogens with zero attached hydrogens (tertiary/aromatic N) is 1. The van der Waals surface area contributed by atoms with E-state index in [0.717, 1.165) is 10.7 Å². The Kier molecular flexibility index (Phi) is 6.50. The quantitative estimate of drug-likeness (QED) is 0.414. The van der Waals surface area contributed by atoms with Crippen LogP contribution in [0.2, 0.25) is 0 Å². The topological polar surface area (TPSA) is 66.8 Å². The Morgan fingerprint density at radius 1 is 1.33 bits per heavy atom. The molecular weight excluding hydrogens is 615 g/mol. The van der Waals surface area contributed by atoms with E-state index >= 15 is 0 Å². The summed E-state index contributed by atoms with van der Waals surface area (Å²) in [6.45, 7) is 1.14. The molecule has 1 heterocycles. The lowest BCUT2D eigenvalue weighted by Crippen LogP contribution is -2.49. The van der Waals surface area contributed by atoms with Gasteiger partial charge >= 0.3 is 5.97 Å². The third-order valence-corrected chi connectivity index (χ3v) is 6.79. The molecule has 1 amide bonds. The molecule has 1 fully saturated rings. The van der Waals surface area contributed by atoms with E-state index in [9.17, 15) is 9.59 Å². The molecule has 1 aliphatic rings. The fourth-order valence-corrected chi connectivity index (χ4v) is 4.55. The Morgan fingerprint density at radius 2 is 2.05 bits per heavy atom. The first kappa shape index (κ1) is 17.7. The number of aliphatic carboxylic acids is 1. The van der Waals surface area contributed by atoms with E-state index in [-0.39, 0.29) is 18.9 Å². The molecule has 0 radical (unpaired) electrons. The van der Waals surface area contributed by atoms with E-state index in [1.54, 1.807) is 4.90 Å². The van der Waals surface area contributed by atoms with Gasteiger partial charge in [-0.25, -0.2) is 0 Å². The van der Waals surface area contributed by atoms with Crippen LogP contribution in [0.25, 0.3) is 0 Å². The van der Waals surface area contributed by atoms with Gasteiger partial charge in [-0.2, -0.15) is 0 Å². The van der Waals surface area contributed by atoms with Crippen molar-refractivity contribution in [3.8, 4) is 0 Å². The zero-order valence-electron chi connectivity index (χ0n) is 10.8. The molecule has 1 aliphatic heterocycles. The lowest BCUT2D eigenvalue weighted by Gasteiger charge is -2.35. The summed E-state index contributed by atoms with van der Waals surface area (Å²) in [4.78, 5) is 25.4. The van der Waals surface area contributed by atoms with Crippen LogP contribution in [0, 0.1) is 10.7 Å². The van der Waals surface area contributed by atoms with Crippen molar-refractivity contribution in [1.29, 1.82) is 0 Å². The van der Waals surface area contributed by atoms with Crippen LogP contribution in [0.4, 0.5) is 0 Å². The highest BCUT2D eigenvalue weighted by Crippen LogP contribution is 2.25. The van der Waals surface area contributed by atoms with E-state index in [1.165, 1.54) is 0 Å². The zero-order valence-corrected chi connectivity index (χ0v) is 17.3. The van der Waals surface area contributed by atoms with Crippen LogP contribution in [0.15, 0.2) is 12.1 Å². The summed E-state index contributed by atoms with van der Waals surface area (Å²) < 4.78 is 8.23. The highest BCUT2D eigenvalue weighted by atomic mass is 127. The molecule has 2 rings (SSSR count). The molecule has 0 aromatic heterocycles. The van der Waals surface area contributed by atoms with Crippen LogP contribution < -0.4 is 0 Å². The molecule has 1 N–H and O–H groups in total. The molecule has 21 heavy (non-hydrogen) atoms. The maximum atomic E-state index is 12.8. The average molecular weight is 627 g/mol. The molecule has 114 valence electrons. The number of carboxylic acids is 1. The van der Waals surface area contributed by atoms with Gasteiger partial charge in [0.25, 0.3) is 5.91 Å². The van der Waals surface area contributed by atoms with Crippen molar-refractivity contribution in [3.63, 3.8) is 0 Å². The molecule has 8 heteroatoms. The van der Waals surface area contributed by atoms with Gasteiger partial charge in [0, 0.05) is 17.3 Å². The summed E-state index contributed by atoms with van der Waals surface area (Å²) in [5.41, 5.74) is 0.629. The lowest BCUT2D eigenvalue weighted by atomic mass is 10.1. The normalized spacial score (nSPS) is 18.6. The van der Waals surface area contributed by atoms with Crippen LogP contribution in [-0.4, -0.2) is 47.7 Å². The third kappa shape index (κ3) is 4.41. The zero-order chi connectivity index (χ0) is 15.6. The lowest BCUT2D eigenvalue weighted by molar-refractivity contribution is -0.139. The standard InChI is InChI=1S/C13H12I3NO4/c14-7-3-9(12(16)10(15)4-7)13(20)17-1-2-21-6-8(17)5-11(18)19/h3-4,8H,1-2,5-6H2,(H,18,19). The number of carbonyl (C=O) groups is 2. The summed E-state index contributed by atoms with van der Waals surface area (Å²) in [5, 5.41) is 8.98. The number of amides is 1. The summed E-state index contributed by atoms with van der Waals surface area (Å²) in [5.74, 6) is -1.04. The van der Waals surface area contributed by atoms with Gasteiger partial charge in [-0.15, -0.1) is 0 Å². The first-order chi connectivity index (χ1) is 9.90. The fourth-order valence-electron chi connectivity index (χ4n) is 2.16. The summed E-state index contributed by atoms with van der Waals surface area (Å²) in [6.07, 6.45) is -0.0939. The molecule has 1 aromatic rings. The minimum atomic E-state index is -0.921. The molecule has 1 atom stereocenters. The summed E-state index contributed by atoms with van der Waals surface area (Å²) in [6, 6.07) is 3.45. The van der Waals surface area contributed by atoms with Crippen LogP contribution in [0.1, 0.15) is 16.8 Å². The first-order valence-electron chi connectivity index (χ1n) is 6.15. The van der Waals surface area contributed by atoms with Crippen LogP contribution >= 0.6 is 67.8 Å². The van der Waals surface area contributed by atoms with Crippen molar-refractivity contribution in [2.24, 2.45) is 0 Å². The molecule has 0 saturated carbocycles. The van der Waals surface area contributed by atoms with Crippen molar-refractivity contribution >= 4 is 79.6 Å². The SMILES string of the molecule is O=C(O)CC1COCCN1C(=O)c1cc(I)cc(I)c1I. The van der Waals surface area contributed by atoms with Gasteiger partial charge in [0.2, 0.25) is 0 Å². The Balaban J connectivity index is 2.31. The van der Waals surface area contributed by atoms with Gasteiger partial charge in [-0.1, -0.05) is 0 Å². The van der Waals surface area contributed by atoms with Crippen LogP contribution in [0.3, 0.4) is 0 Å². The smallest absolute Gasteiger partial charge is 0.305 e. The number of carbonyl (C=O) groups excluding carboxylic acids is 1. The molecule has 5 nitrogen and oxygen atoms in total. The van der Waals surface area contributed by atoms with E-state index in [1.807, 2.05) is 12.1 Å². The third-order valence-electron chi connectivity index (χ3n) is 3.12. The Hall–Kier alpha value is 0.310. The van der Waals surface area contributed by atoms with Crippen LogP contribution in [-0.2, 0) is 9.53 Å². The largest absolute Gasteiger partial charge is 0.481 e. The predicted molar refractivity (Wildman–Crippen MR) is 102 cm³/mol. The number of ether oxygens (including phenoxy) is 1. The van der Waals surface area contributed by atoms with Gasteiger partial charge in [0.05, 0.1) is 31.2 Å². The van der Waals surface area contributed by atoms with E-state index in [4.69, 9.17) is 9.84 Å². The molecule has 1 saturated heterocycles. The summed E-state index contributed by atoms with van der Waals surface area (Å²) in [7, 11) is 0. The van der Waals surface area contributed by atoms with E-state index in [0.29, 0.717) is 18.7 Å². The maximum absolute atomic E-state index is 12.8. The van der Waals surface area contributed by atoms with Gasteiger partial charge in [0.15, 0.2) is 0 Å². The monoisotopic (exact) mass is 627 g/mol. The minimum Gasteiger partial charge on any atom is -0.481 e. The van der Waals surface area contributed by atoms with Crippen molar-refractivity contribution in [3.05, 3.63) is 28.4 Å². The van der Waals surface area contributed by atoms with Gasteiger partial charge in [-0.05, 0) is 79.9 Å². The number of hydrogen-bond acceptors (Lipinski definition) is 3. The molecule has 1 aromatic carbocycles. The van der Waals surface area contributed by atoms with Crippen molar-refractivity contribution in [2.45, 2.75) is 12.5 Å². The first-order valence-corrected chi connectivity index (χ1v) is 9.39. The predicted octanol–water partition coefficient (Wildman–Crippen LogP) is 2.82. The molecule has 0 bridgehead atoms. The average Bonchev–Trinajstić information content (AvgIpc) is 2.42. The number of halogens is 3. The summed E-state index contributed by atoms with van der Waals surface area (Å²) >= 11 is 6.54.